The van der Waals surface area contributed by atoms with Crippen LogP contribution in [0, 0.1) is 10.1 Å². The lowest BCUT2D eigenvalue weighted by atomic mass is 10.3. The monoisotopic (exact) mass is 391 g/mol. The molecule has 146 valence electrons. The zero-order valence-corrected chi connectivity index (χ0v) is 16.9. The molecular formula is C18H25N5O3S. The average Bonchev–Trinajstić information content (AvgIpc) is 2.96. The minimum absolute atomic E-state index is 0.105. The van der Waals surface area contributed by atoms with Crippen molar-refractivity contribution in [3.8, 4) is 0 Å². The lowest BCUT2D eigenvalue weighted by Crippen LogP contribution is -2.22. The Kier molecular flexibility index (Phi) is 7.37. The number of rotatable bonds is 4. The quantitative estimate of drug-likeness (QED) is 0.451. The van der Waals surface area contributed by atoms with Crippen molar-refractivity contribution in [1.82, 2.24) is 19.0 Å². The minimum atomic E-state index is -0.363. The molecular weight excluding hydrogens is 366 g/mol. The van der Waals surface area contributed by atoms with Gasteiger partial charge in [-0.15, -0.1) is 0 Å². The van der Waals surface area contributed by atoms with Gasteiger partial charge in [0.1, 0.15) is 4.90 Å². The molecule has 0 unspecified atom stereocenters. The van der Waals surface area contributed by atoms with E-state index in [4.69, 9.17) is 0 Å². The van der Waals surface area contributed by atoms with E-state index in [2.05, 4.69) is 9.40 Å². The molecule has 0 saturated carbocycles. The number of nitro groups is 1. The van der Waals surface area contributed by atoms with Crippen LogP contribution in [-0.4, -0.2) is 50.5 Å². The molecule has 0 saturated heterocycles. The highest BCUT2D eigenvalue weighted by atomic mass is 32.2. The van der Waals surface area contributed by atoms with E-state index in [9.17, 15) is 14.9 Å². The van der Waals surface area contributed by atoms with Crippen LogP contribution in [-0.2, 0) is 13.1 Å². The Labute approximate surface area is 163 Å². The van der Waals surface area contributed by atoms with Crippen molar-refractivity contribution in [1.29, 1.82) is 0 Å². The van der Waals surface area contributed by atoms with Crippen molar-refractivity contribution in [3.63, 3.8) is 0 Å². The molecule has 0 fully saturated rings. The first-order valence-electron chi connectivity index (χ1n) is 8.90. The number of amides is 1. The fraction of sp³-hybridized carbons (Fsp3) is 0.444. The summed E-state index contributed by atoms with van der Waals surface area (Å²) in [6, 6.07) is 8.54. The smallest absolute Gasteiger partial charge is 0.284 e. The van der Waals surface area contributed by atoms with Crippen LogP contribution in [0.3, 0.4) is 0 Å². The predicted molar refractivity (Wildman–Crippen MR) is 106 cm³/mol. The van der Waals surface area contributed by atoms with Crippen molar-refractivity contribution in [2.24, 2.45) is 0 Å². The number of aromatic nitrogens is 2. The zero-order valence-electron chi connectivity index (χ0n) is 16.1. The lowest BCUT2D eigenvalue weighted by Gasteiger charge is -2.17. The van der Waals surface area contributed by atoms with Gasteiger partial charge in [-0.05, 0) is 30.5 Å². The van der Waals surface area contributed by atoms with Gasteiger partial charge in [-0.2, -0.15) is 5.10 Å². The first kappa shape index (κ1) is 20.9. The van der Waals surface area contributed by atoms with Gasteiger partial charge >= 0.3 is 0 Å². The van der Waals surface area contributed by atoms with Crippen LogP contribution >= 0.6 is 11.9 Å². The fourth-order valence-electron chi connectivity index (χ4n) is 2.67. The van der Waals surface area contributed by atoms with Gasteiger partial charge in [0, 0.05) is 33.3 Å². The Bertz CT molecular complexity index is 806. The van der Waals surface area contributed by atoms with Crippen molar-refractivity contribution in [2.45, 2.75) is 38.3 Å². The highest BCUT2D eigenvalue weighted by Crippen LogP contribution is 2.33. The molecule has 1 amide bonds. The number of hydrogen-bond donors (Lipinski definition) is 0. The number of fused-ring (bicyclic) bond motifs is 1. The first-order chi connectivity index (χ1) is 13.0. The molecule has 1 aromatic heterocycles. The van der Waals surface area contributed by atoms with Gasteiger partial charge in [0.25, 0.3) is 11.6 Å². The topological polar surface area (TPSA) is 84.5 Å². The van der Waals surface area contributed by atoms with Crippen molar-refractivity contribution in [2.75, 3.05) is 20.6 Å². The molecule has 3 rings (SSSR count). The van der Waals surface area contributed by atoms with Gasteiger partial charge in [-0.1, -0.05) is 26.0 Å². The second-order valence-corrected chi connectivity index (χ2v) is 7.12. The predicted octanol–water partition coefficient (Wildman–Crippen LogP) is 3.43. The van der Waals surface area contributed by atoms with E-state index in [-0.39, 0.29) is 16.5 Å². The minimum Gasteiger partial charge on any atom is -0.343 e. The molecule has 2 aromatic rings. The Hall–Kier alpha value is -2.39. The van der Waals surface area contributed by atoms with Crippen LogP contribution in [0.25, 0.3) is 0 Å². The second-order valence-electron chi connectivity index (χ2n) is 5.98. The third-order valence-corrected chi connectivity index (χ3v) is 5.01. The number of nitrogens with zero attached hydrogens (tertiary/aromatic N) is 5. The number of nitro benzene ring substituents is 1. The van der Waals surface area contributed by atoms with E-state index in [0.29, 0.717) is 17.1 Å². The SMILES string of the molecule is CC.CN(C)C(=O)c1cc2n(n1)CCCN(Sc1ccccc1[N+](=O)[O-])C2. The summed E-state index contributed by atoms with van der Waals surface area (Å²) in [6.45, 7) is 6.09. The van der Waals surface area contributed by atoms with E-state index in [0.717, 1.165) is 25.2 Å². The number of carbonyl (C=O) groups is 1. The first-order valence-corrected chi connectivity index (χ1v) is 9.68. The molecule has 0 atom stereocenters. The lowest BCUT2D eigenvalue weighted by molar-refractivity contribution is -0.387. The summed E-state index contributed by atoms with van der Waals surface area (Å²) in [5, 5.41) is 15.6. The third kappa shape index (κ3) is 5.08. The third-order valence-electron chi connectivity index (χ3n) is 3.89. The molecule has 1 aromatic carbocycles. The highest BCUT2D eigenvalue weighted by molar-refractivity contribution is 7.97. The molecule has 8 nitrogen and oxygen atoms in total. The van der Waals surface area contributed by atoms with Crippen molar-refractivity contribution in [3.05, 3.63) is 51.8 Å². The van der Waals surface area contributed by atoms with Gasteiger partial charge in [-0.25, -0.2) is 4.31 Å². The Morgan fingerprint density at radius 3 is 2.63 bits per heavy atom. The fourth-order valence-corrected chi connectivity index (χ4v) is 3.74. The second kappa shape index (κ2) is 9.52. The highest BCUT2D eigenvalue weighted by Gasteiger charge is 2.23. The maximum atomic E-state index is 12.1. The number of benzene rings is 1. The summed E-state index contributed by atoms with van der Waals surface area (Å²) in [4.78, 5) is 25.0. The zero-order chi connectivity index (χ0) is 20.0. The Morgan fingerprint density at radius 1 is 1.26 bits per heavy atom. The summed E-state index contributed by atoms with van der Waals surface area (Å²) in [6.07, 6.45) is 0.859. The summed E-state index contributed by atoms with van der Waals surface area (Å²) >= 11 is 1.38. The number of hydrogen-bond acceptors (Lipinski definition) is 6. The average molecular weight is 391 g/mol. The molecule has 27 heavy (non-hydrogen) atoms. The van der Waals surface area contributed by atoms with E-state index in [1.165, 1.54) is 22.9 Å². The molecule has 0 spiro atoms. The van der Waals surface area contributed by atoms with Crippen LogP contribution in [0.1, 0.15) is 36.5 Å². The molecule has 9 heteroatoms. The summed E-state index contributed by atoms with van der Waals surface area (Å²) in [5.74, 6) is -0.126. The standard InChI is InChI=1S/C16H19N5O3S.C2H6/c1-18(2)16(22)13-10-12-11-19(8-5-9-20(12)17-13)25-15-7-4-3-6-14(15)21(23)24;1-2/h3-4,6-7,10H,5,8-9,11H2,1-2H3;1-2H3. The maximum absolute atomic E-state index is 12.1. The summed E-state index contributed by atoms with van der Waals surface area (Å²) in [7, 11) is 3.40. The normalized spacial score (nSPS) is 13.8. The largest absolute Gasteiger partial charge is 0.343 e. The molecule has 0 radical (unpaired) electrons. The van der Waals surface area contributed by atoms with E-state index < -0.39 is 0 Å². The van der Waals surface area contributed by atoms with Gasteiger partial charge in [0.15, 0.2) is 5.69 Å². The van der Waals surface area contributed by atoms with Crippen LogP contribution in [0.4, 0.5) is 5.69 Å². The van der Waals surface area contributed by atoms with Crippen molar-refractivity contribution < 1.29 is 9.72 Å². The van der Waals surface area contributed by atoms with Gasteiger partial charge in [0.2, 0.25) is 0 Å². The molecule has 1 aliphatic heterocycles. The van der Waals surface area contributed by atoms with Crippen LogP contribution in [0.5, 0.6) is 0 Å². The summed E-state index contributed by atoms with van der Waals surface area (Å²) in [5.41, 5.74) is 1.47. The van der Waals surface area contributed by atoms with Crippen LogP contribution in [0.15, 0.2) is 35.2 Å². The molecule has 1 aliphatic rings. The molecule has 2 heterocycles. The van der Waals surface area contributed by atoms with Gasteiger partial charge < -0.3 is 4.90 Å². The summed E-state index contributed by atoms with van der Waals surface area (Å²) < 4.78 is 3.93. The Balaban J connectivity index is 0.00000126. The molecule has 0 bridgehead atoms. The number of aryl methyl sites for hydroxylation is 1. The molecule has 0 N–H and O–H groups in total. The maximum Gasteiger partial charge on any atom is 0.284 e. The Morgan fingerprint density at radius 2 is 1.96 bits per heavy atom. The van der Waals surface area contributed by atoms with Crippen molar-refractivity contribution >= 4 is 23.5 Å². The van der Waals surface area contributed by atoms with Crippen LogP contribution in [0.2, 0.25) is 0 Å². The number of para-hydroxylation sites is 1. The van der Waals surface area contributed by atoms with Gasteiger partial charge in [0.05, 0.1) is 17.2 Å². The van der Waals surface area contributed by atoms with E-state index in [1.54, 1.807) is 38.4 Å². The van der Waals surface area contributed by atoms with E-state index in [1.807, 2.05) is 18.5 Å². The van der Waals surface area contributed by atoms with E-state index >= 15 is 0 Å². The van der Waals surface area contributed by atoms with Gasteiger partial charge in [-0.3, -0.25) is 19.6 Å². The van der Waals surface area contributed by atoms with Crippen LogP contribution < -0.4 is 0 Å². The molecule has 0 aliphatic carbocycles. The number of carbonyl (C=O) groups excluding carboxylic acids is 1.